The van der Waals surface area contributed by atoms with Gasteiger partial charge in [0.2, 0.25) is 0 Å². The number of aryl methyl sites for hydroxylation is 1. The summed E-state index contributed by atoms with van der Waals surface area (Å²) in [4.78, 5) is 15.5. The highest BCUT2D eigenvalue weighted by molar-refractivity contribution is 5.02. The van der Waals surface area contributed by atoms with Crippen molar-refractivity contribution in [2.45, 2.75) is 13.5 Å². The maximum atomic E-state index is 11.1. The zero-order chi connectivity index (χ0) is 8.97. The molecule has 12 heavy (non-hydrogen) atoms. The van der Waals surface area contributed by atoms with Crippen LogP contribution in [0.3, 0.4) is 0 Å². The molecule has 0 aliphatic carbocycles. The minimum Gasteiger partial charge on any atom is -0.303 e. The number of nitrogens with two attached hydrogens (primary N) is 1. The Morgan fingerprint density at radius 2 is 2.50 bits per heavy atom. The molecule has 66 valence electrons. The normalized spacial score (nSPS) is 10.2. The summed E-state index contributed by atoms with van der Waals surface area (Å²) in [6, 6.07) is 1.52. The summed E-state index contributed by atoms with van der Waals surface area (Å²) in [6.45, 7) is 2.49. The van der Waals surface area contributed by atoms with Crippen molar-refractivity contribution in [2.24, 2.45) is 5.90 Å². The van der Waals surface area contributed by atoms with Crippen LogP contribution in [0.4, 0.5) is 0 Å². The summed E-state index contributed by atoms with van der Waals surface area (Å²) in [5.41, 5.74) is 0.719. The Balaban J connectivity index is 2.80. The van der Waals surface area contributed by atoms with E-state index < -0.39 is 0 Å². The molecule has 0 saturated heterocycles. The second-order valence-corrected chi connectivity index (χ2v) is 2.47. The van der Waals surface area contributed by atoms with Crippen LogP contribution < -0.4 is 11.5 Å². The van der Waals surface area contributed by atoms with Crippen molar-refractivity contribution in [3.05, 3.63) is 28.2 Å². The maximum Gasteiger partial charge on any atom is 0.267 e. The van der Waals surface area contributed by atoms with Gasteiger partial charge in [0.15, 0.2) is 0 Å². The molecule has 0 aliphatic rings. The molecule has 0 unspecified atom stereocenters. The highest BCUT2D eigenvalue weighted by Gasteiger charge is 1.95. The molecular weight excluding hydrogens is 158 g/mol. The first-order valence-electron chi connectivity index (χ1n) is 3.59. The van der Waals surface area contributed by atoms with Crippen LogP contribution in [0.5, 0.6) is 0 Å². The highest BCUT2D eigenvalue weighted by atomic mass is 16.6. The highest BCUT2D eigenvalue weighted by Crippen LogP contribution is 1.85. The SMILES string of the molecule is Cc1cnn(CCON)c(=O)c1. The molecule has 0 spiro atoms. The Hall–Kier alpha value is -1.20. The average Bonchev–Trinajstić information content (AvgIpc) is 2.03. The predicted molar refractivity (Wildman–Crippen MR) is 43.4 cm³/mol. The van der Waals surface area contributed by atoms with E-state index in [1.54, 1.807) is 6.20 Å². The number of aromatic nitrogens is 2. The molecule has 0 aromatic carbocycles. The molecule has 2 N–H and O–H groups in total. The van der Waals surface area contributed by atoms with E-state index >= 15 is 0 Å². The van der Waals surface area contributed by atoms with Crippen LogP contribution in [0.1, 0.15) is 5.56 Å². The van der Waals surface area contributed by atoms with Crippen LogP contribution in [0, 0.1) is 6.92 Å². The van der Waals surface area contributed by atoms with Gasteiger partial charge in [-0.25, -0.2) is 10.6 Å². The van der Waals surface area contributed by atoms with Gasteiger partial charge >= 0.3 is 0 Å². The second kappa shape index (κ2) is 3.99. The van der Waals surface area contributed by atoms with E-state index in [9.17, 15) is 4.79 Å². The fourth-order valence-electron chi connectivity index (χ4n) is 0.831. The van der Waals surface area contributed by atoms with Gasteiger partial charge in [-0.1, -0.05) is 0 Å². The zero-order valence-electron chi connectivity index (χ0n) is 6.86. The van der Waals surface area contributed by atoms with Gasteiger partial charge in [-0.05, 0) is 12.5 Å². The lowest BCUT2D eigenvalue weighted by Crippen LogP contribution is -2.25. The number of hydrogen-bond donors (Lipinski definition) is 1. The molecule has 0 bridgehead atoms. The third-order valence-corrected chi connectivity index (χ3v) is 1.43. The Labute approximate surface area is 69.7 Å². The molecule has 5 nitrogen and oxygen atoms in total. The number of rotatable bonds is 3. The standard InChI is InChI=1S/C7H11N3O2/c1-6-4-7(11)10(9-5-6)2-3-12-8/h4-5H,2-3,8H2,1H3. The predicted octanol–water partition coefficient (Wildman–Crippen LogP) is -0.558. The van der Waals surface area contributed by atoms with Gasteiger partial charge in [0.1, 0.15) is 0 Å². The van der Waals surface area contributed by atoms with Gasteiger partial charge < -0.3 is 4.84 Å². The minimum atomic E-state index is -0.132. The van der Waals surface area contributed by atoms with Gasteiger partial charge in [0.05, 0.1) is 19.3 Å². The molecule has 0 fully saturated rings. The van der Waals surface area contributed by atoms with E-state index in [-0.39, 0.29) is 12.2 Å². The lowest BCUT2D eigenvalue weighted by atomic mass is 10.3. The monoisotopic (exact) mass is 169 g/mol. The van der Waals surface area contributed by atoms with Gasteiger partial charge in [-0.15, -0.1) is 0 Å². The van der Waals surface area contributed by atoms with Crippen LogP contribution in [-0.4, -0.2) is 16.4 Å². The Bertz CT molecular complexity index is 308. The average molecular weight is 169 g/mol. The van der Waals surface area contributed by atoms with Crippen molar-refractivity contribution in [2.75, 3.05) is 6.61 Å². The summed E-state index contributed by atoms with van der Waals surface area (Å²) in [5.74, 6) is 4.81. The molecule has 1 heterocycles. The van der Waals surface area contributed by atoms with Gasteiger partial charge in [-0.2, -0.15) is 5.10 Å². The number of nitrogens with zero attached hydrogens (tertiary/aromatic N) is 2. The largest absolute Gasteiger partial charge is 0.303 e. The zero-order valence-corrected chi connectivity index (χ0v) is 6.86. The van der Waals surface area contributed by atoms with E-state index in [4.69, 9.17) is 5.90 Å². The first-order chi connectivity index (χ1) is 5.74. The van der Waals surface area contributed by atoms with Crippen molar-refractivity contribution in [1.82, 2.24) is 9.78 Å². The lowest BCUT2D eigenvalue weighted by molar-refractivity contribution is 0.125. The van der Waals surface area contributed by atoms with Crippen molar-refractivity contribution in [3.63, 3.8) is 0 Å². The summed E-state index contributed by atoms with van der Waals surface area (Å²) < 4.78 is 1.31. The number of hydrogen-bond acceptors (Lipinski definition) is 4. The second-order valence-electron chi connectivity index (χ2n) is 2.47. The van der Waals surface area contributed by atoms with E-state index in [0.29, 0.717) is 6.54 Å². The Kier molecular flexibility index (Phi) is 2.95. The first-order valence-corrected chi connectivity index (χ1v) is 3.59. The van der Waals surface area contributed by atoms with E-state index in [0.717, 1.165) is 5.56 Å². The van der Waals surface area contributed by atoms with Crippen LogP contribution in [0.2, 0.25) is 0 Å². The van der Waals surface area contributed by atoms with E-state index in [2.05, 4.69) is 9.94 Å². The molecule has 1 aromatic heterocycles. The summed E-state index contributed by atoms with van der Waals surface area (Å²) in [7, 11) is 0. The third-order valence-electron chi connectivity index (χ3n) is 1.43. The smallest absolute Gasteiger partial charge is 0.267 e. The fraction of sp³-hybridized carbons (Fsp3) is 0.429. The third kappa shape index (κ3) is 2.14. The van der Waals surface area contributed by atoms with Crippen LogP contribution in [0.25, 0.3) is 0 Å². The van der Waals surface area contributed by atoms with Crippen molar-refractivity contribution in [1.29, 1.82) is 0 Å². The molecule has 1 rings (SSSR count). The molecule has 0 atom stereocenters. The Morgan fingerprint density at radius 3 is 3.08 bits per heavy atom. The molecule has 1 aromatic rings. The van der Waals surface area contributed by atoms with Crippen LogP contribution >= 0.6 is 0 Å². The molecule has 0 saturated carbocycles. The van der Waals surface area contributed by atoms with Gasteiger partial charge in [0.25, 0.3) is 5.56 Å². The molecule has 0 amide bonds. The van der Waals surface area contributed by atoms with Crippen molar-refractivity contribution < 1.29 is 4.84 Å². The van der Waals surface area contributed by atoms with Crippen molar-refractivity contribution >= 4 is 0 Å². The molecule has 0 aliphatic heterocycles. The summed E-state index contributed by atoms with van der Waals surface area (Å²) in [6.07, 6.45) is 1.62. The van der Waals surface area contributed by atoms with E-state index in [1.807, 2.05) is 6.92 Å². The van der Waals surface area contributed by atoms with E-state index in [1.165, 1.54) is 10.7 Å². The molecular formula is C7H11N3O2. The Morgan fingerprint density at radius 1 is 1.75 bits per heavy atom. The fourth-order valence-corrected chi connectivity index (χ4v) is 0.831. The van der Waals surface area contributed by atoms with Gasteiger partial charge in [-0.3, -0.25) is 4.79 Å². The maximum absolute atomic E-state index is 11.1. The quantitative estimate of drug-likeness (QED) is 0.616. The lowest BCUT2D eigenvalue weighted by Gasteiger charge is -2.01. The summed E-state index contributed by atoms with van der Waals surface area (Å²) in [5, 5.41) is 3.88. The van der Waals surface area contributed by atoms with Crippen LogP contribution in [0.15, 0.2) is 17.1 Å². The van der Waals surface area contributed by atoms with Gasteiger partial charge in [0, 0.05) is 6.07 Å². The molecule has 0 radical (unpaired) electrons. The topological polar surface area (TPSA) is 70.1 Å². The molecule has 5 heteroatoms. The van der Waals surface area contributed by atoms with Crippen molar-refractivity contribution in [3.8, 4) is 0 Å². The summed E-state index contributed by atoms with van der Waals surface area (Å²) >= 11 is 0. The minimum absolute atomic E-state index is 0.132. The first kappa shape index (κ1) is 8.89. The van der Waals surface area contributed by atoms with Crippen LogP contribution in [-0.2, 0) is 11.4 Å².